The molecular formula is C31H42N2O10S2. The van der Waals surface area contributed by atoms with Crippen LogP contribution in [0.1, 0.15) is 51.5 Å². The molecule has 3 rings (SSSR count). The molecule has 2 aliphatic rings. The van der Waals surface area contributed by atoms with Crippen molar-refractivity contribution >= 4 is 49.0 Å². The molecule has 0 saturated carbocycles. The van der Waals surface area contributed by atoms with Gasteiger partial charge in [-0.2, -0.15) is 16.8 Å². The maximum absolute atomic E-state index is 13.2. The Kier molecular flexibility index (Phi) is 13.1. The van der Waals surface area contributed by atoms with Gasteiger partial charge < -0.3 is 14.7 Å². The topological polar surface area (TPSA) is 181 Å². The van der Waals surface area contributed by atoms with E-state index in [1.807, 2.05) is 24.3 Å². The van der Waals surface area contributed by atoms with Gasteiger partial charge >= 0.3 is 5.97 Å². The number of Topliss-reactive ketones (excluding diaryl/α,β-unsaturated/α-hetero) is 1. The van der Waals surface area contributed by atoms with E-state index < -0.39 is 37.7 Å². The lowest BCUT2D eigenvalue weighted by atomic mass is 9.71. The molecule has 2 N–H and O–H groups in total. The van der Waals surface area contributed by atoms with E-state index in [0.29, 0.717) is 37.2 Å². The van der Waals surface area contributed by atoms with Crippen molar-refractivity contribution in [2.75, 3.05) is 49.2 Å². The summed E-state index contributed by atoms with van der Waals surface area (Å²) in [5, 5.41) is 13.2. The highest BCUT2D eigenvalue weighted by Gasteiger charge is 2.38. The number of esters is 1. The summed E-state index contributed by atoms with van der Waals surface area (Å²) >= 11 is 0. The van der Waals surface area contributed by atoms with E-state index >= 15 is 0 Å². The summed E-state index contributed by atoms with van der Waals surface area (Å²) in [4.78, 5) is 26.6. The van der Waals surface area contributed by atoms with E-state index in [1.54, 1.807) is 36.1 Å². The first-order chi connectivity index (χ1) is 21.2. The lowest BCUT2D eigenvalue weighted by Gasteiger charge is -2.40. The molecule has 45 heavy (non-hydrogen) atoms. The maximum Gasteiger partial charge on any atom is 0.306 e. The number of carbonyl (C=O) groups excluding carboxylic acids is 2. The molecule has 1 unspecified atom stereocenters. The summed E-state index contributed by atoms with van der Waals surface area (Å²) in [5.41, 5.74) is 2.11. The quantitative estimate of drug-likeness (QED) is 0.133. The SMILES string of the molecule is CCC[N+](CCCC(=O)OCC)=C1C=CC(C2C(=O)C(c3ccc(N(CCCS(=O)(=O)O)CCCS(=O)(=O)O)cc3)=C2[O-])C=C1. The van der Waals surface area contributed by atoms with Crippen LogP contribution in [0.3, 0.4) is 0 Å². The van der Waals surface area contributed by atoms with E-state index in [1.165, 1.54) is 0 Å². The smallest absolute Gasteiger partial charge is 0.306 e. The molecule has 0 bridgehead atoms. The van der Waals surface area contributed by atoms with Crippen molar-refractivity contribution in [2.24, 2.45) is 11.8 Å². The van der Waals surface area contributed by atoms with E-state index in [2.05, 4.69) is 11.5 Å². The van der Waals surface area contributed by atoms with Crippen molar-refractivity contribution in [1.29, 1.82) is 0 Å². The Morgan fingerprint density at radius 2 is 1.51 bits per heavy atom. The Bertz CT molecular complexity index is 1510. The van der Waals surface area contributed by atoms with Crippen LogP contribution < -0.4 is 10.0 Å². The molecule has 0 heterocycles. The Hall–Kier alpha value is -3.33. The van der Waals surface area contributed by atoms with E-state index in [0.717, 1.165) is 18.7 Å². The van der Waals surface area contributed by atoms with Crippen molar-refractivity contribution in [1.82, 2.24) is 0 Å². The standard InChI is InChI=1S/C31H42N2O10S2/c1-3-17-32(18-5-8-27(34)43-4-2)25-13-9-23(10-14-25)28-30(35)29(31(28)36)24-11-15-26(16-12-24)33(19-6-21-44(37,38)39)20-7-22-45(40,41)42/h9-16,23,28H,3-8,17-22H2,1-2H3,(H2-,35,36,37,38,39,40,41,42). The Balaban J connectivity index is 1.70. The van der Waals surface area contributed by atoms with Crippen molar-refractivity contribution in [2.45, 2.75) is 46.0 Å². The molecule has 0 radical (unpaired) electrons. The van der Waals surface area contributed by atoms with Crippen LogP contribution in [0.5, 0.6) is 0 Å². The van der Waals surface area contributed by atoms with Gasteiger partial charge in [-0.1, -0.05) is 31.2 Å². The third-order valence-corrected chi connectivity index (χ3v) is 9.18. The van der Waals surface area contributed by atoms with Crippen LogP contribution in [0.15, 0.2) is 54.3 Å². The molecule has 0 aromatic heterocycles. The number of rotatable bonds is 18. The zero-order chi connectivity index (χ0) is 33.2. The number of ether oxygens (including phenoxy) is 1. The molecule has 1 aromatic rings. The molecule has 0 amide bonds. The zero-order valence-electron chi connectivity index (χ0n) is 25.6. The molecule has 0 aliphatic heterocycles. The largest absolute Gasteiger partial charge is 0.874 e. The van der Waals surface area contributed by atoms with Gasteiger partial charge in [0.25, 0.3) is 20.2 Å². The van der Waals surface area contributed by atoms with Crippen LogP contribution in [0.25, 0.3) is 5.57 Å². The van der Waals surface area contributed by atoms with E-state index in [9.17, 15) is 31.5 Å². The third-order valence-electron chi connectivity index (χ3n) is 7.58. The molecule has 0 saturated heterocycles. The van der Waals surface area contributed by atoms with Crippen LogP contribution in [0.4, 0.5) is 5.69 Å². The summed E-state index contributed by atoms with van der Waals surface area (Å²) in [6, 6.07) is 6.55. The van der Waals surface area contributed by atoms with Crippen LogP contribution in [-0.4, -0.2) is 92.3 Å². The first-order valence-electron chi connectivity index (χ1n) is 15.1. The van der Waals surface area contributed by atoms with Gasteiger partial charge in [-0.25, -0.2) is 4.58 Å². The molecule has 14 heteroatoms. The molecule has 0 spiro atoms. The van der Waals surface area contributed by atoms with Gasteiger partial charge in [-0.15, -0.1) is 5.76 Å². The fourth-order valence-electron chi connectivity index (χ4n) is 5.45. The van der Waals surface area contributed by atoms with Crippen LogP contribution in [-0.2, 0) is 34.6 Å². The average molecular weight is 667 g/mol. The lowest BCUT2D eigenvalue weighted by molar-refractivity contribution is -0.527. The minimum absolute atomic E-state index is 0.0772. The number of benzene rings is 1. The second kappa shape index (κ2) is 16.3. The number of anilines is 1. The number of hydrogen-bond acceptors (Lipinski definition) is 9. The first-order valence-corrected chi connectivity index (χ1v) is 18.3. The molecule has 0 fully saturated rings. The Morgan fingerprint density at radius 3 is 2.00 bits per heavy atom. The number of hydrogen-bond donors (Lipinski definition) is 2. The summed E-state index contributed by atoms with van der Waals surface area (Å²) in [7, 11) is -8.35. The number of allylic oxidation sites excluding steroid dienone is 6. The fourth-order valence-corrected chi connectivity index (χ4v) is 6.44. The predicted molar refractivity (Wildman–Crippen MR) is 169 cm³/mol. The molecule has 1 aromatic carbocycles. The Labute approximate surface area is 265 Å². The van der Waals surface area contributed by atoms with Crippen molar-refractivity contribution in [3.63, 3.8) is 0 Å². The van der Waals surface area contributed by atoms with Crippen LogP contribution >= 0.6 is 0 Å². The molecule has 248 valence electrons. The zero-order valence-corrected chi connectivity index (χ0v) is 27.3. The van der Waals surface area contributed by atoms with Gasteiger partial charge in [0.1, 0.15) is 13.1 Å². The highest BCUT2D eigenvalue weighted by Crippen LogP contribution is 2.41. The normalized spacial score (nSPS) is 18.2. The molecule has 1 atom stereocenters. The summed E-state index contributed by atoms with van der Waals surface area (Å²) < 4.78 is 69.8. The van der Waals surface area contributed by atoms with Gasteiger partial charge in [0.05, 0.1) is 24.5 Å². The average Bonchev–Trinajstić information content (AvgIpc) is 2.96. The highest BCUT2D eigenvalue weighted by molar-refractivity contribution is 7.86. The summed E-state index contributed by atoms with van der Waals surface area (Å²) in [6.07, 6.45) is 9.60. The van der Waals surface area contributed by atoms with Crippen molar-refractivity contribution in [3.8, 4) is 0 Å². The summed E-state index contributed by atoms with van der Waals surface area (Å²) in [6.45, 7) is 6.03. The first kappa shape index (κ1) is 36.1. The molecule has 2 aliphatic carbocycles. The van der Waals surface area contributed by atoms with Crippen LogP contribution in [0.2, 0.25) is 0 Å². The van der Waals surface area contributed by atoms with Gasteiger partial charge in [0, 0.05) is 61.2 Å². The Morgan fingerprint density at radius 1 is 0.933 bits per heavy atom. The minimum Gasteiger partial charge on any atom is -0.874 e. The maximum atomic E-state index is 13.2. The lowest BCUT2D eigenvalue weighted by Crippen LogP contribution is -2.41. The van der Waals surface area contributed by atoms with Gasteiger partial charge in [-0.05, 0) is 37.5 Å². The molecule has 12 nitrogen and oxygen atoms in total. The van der Waals surface area contributed by atoms with Crippen molar-refractivity contribution in [3.05, 3.63) is 59.9 Å². The number of carbonyl (C=O) groups is 2. The van der Waals surface area contributed by atoms with Gasteiger partial charge in [-0.3, -0.25) is 18.7 Å². The van der Waals surface area contributed by atoms with Gasteiger partial charge in [0.15, 0.2) is 11.5 Å². The van der Waals surface area contributed by atoms with Crippen molar-refractivity contribution < 1.29 is 49.9 Å². The monoisotopic (exact) mass is 666 g/mol. The van der Waals surface area contributed by atoms with Crippen LogP contribution in [0, 0.1) is 11.8 Å². The van der Waals surface area contributed by atoms with Gasteiger partial charge in [0.2, 0.25) is 0 Å². The predicted octanol–water partition coefficient (Wildman–Crippen LogP) is 2.27. The second-order valence-corrected chi connectivity index (χ2v) is 14.2. The third kappa shape index (κ3) is 10.9. The second-order valence-electron chi connectivity index (χ2n) is 11.0. The van der Waals surface area contributed by atoms with E-state index in [-0.39, 0.29) is 54.9 Å². The number of ketones is 1. The molecular weight excluding hydrogens is 624 g/mol. The van der Waals surface area contributed by atoms with E-state index in [4.69, 9.17) is 13.8 Å². The fraction of sp³-hybridized carbons (Fsp3) is 0.516. The number of nitrogens with zero attached hydrogens (tertiary/aromatic N) is 2. The minimum atomic E-state index is -4.17. The highest BCUT2D eigenvalue weighted by atomic mass is 32.2. The summed E-state index contributed by atoms with van der Waals surface area (Å²) in [5.74, 6) is -2.87.